The maximum atomic E-state index is 13.3. The van der Waals surface area contributed by atoms with Crippen LogP contribution in [0.15, 0.2) is 40.9 Å². The Bertz CT molecular complexity index is 584. The Balaban J connectivity index is 2.13. The van der Waals surface area contributed by atoms with Crippen LogP contribution < -0.4 is 10.5 Å². The van der Waals surface area contributed by atoms with Crippen LogP contribution in [0.4, 0.5) is 8.78 Å². The Hall–Kier alpha value is -1.46. The SMILES string of the molecule is NCCc1cc(F)ccc1OCc1cc(F)cc(Br)c1. The number of benzene rings is 2. The van der Waals surface area contributed by atoms with E-state index in [1.807, 2.05) is 0 Å². The van der Waals surface area contributed by atoms with E-state index < -0.39 is 0 Å². The normalized spacial score (nSPS) is 10.6. The van der Waals surface area contributed by atoms with Gasteiger partial charge in [0.1, 0.15) is 24.0 Å². The molecule has 2 N–H and O–H groups in total. The highest BCUT2D eigenvalue weighted by atomic mass is 79.9. The van der Waals surface area contributed by atoms with Crippen molar-refractivity contribution in [3.63, 3.8) is 0 Å². The van der Waals surface area contributed by atoms with Gasteiger partial charge in [0, 0.05) is 4.47 Å². The summed E-state index contributed by atoms with van der Waals surface area (Å²) >= 11 is 3.23. The molecule has 2 nitrogen and oxygen atoms in total. The van der Waals surface area contributed by atoms with Crippen LogP contribution in [0, 0.1) is 11.6 Å². The van der Waals surface area contributed by atoms with Crippen LogP contribution in [-0.2, 0) is 13.0 Å². The number of rotatable bonds is 5. The second kappa shape index (κ2) is 6.81. The number of ether oxygens (including phenoxy) is 1. The Morgan fingerprint density at radius 2 is 1.85 bits per heavy atom. The highest BCUT2D eigenvalue weighted by molar-refractivity contribution is 9.10. The van der Waals surface area contributed by atoms with Crippen molar-refractivity contribution in [2.45, 2.75) is 13.0 Å². The van der Waals surface area contributed by atoms with Gasteiger partial charge in [-0.2, -0.15) is 0 Å². The Morgan fingerprint density at radius 1 is 1.05 bits per heavy atom. The van der Waals surface area contributed by atoms with E-state index in [4.69, 9.17) is 10.5 Å². The molecular weight excluding hydrogens is 328 g/mol. The van der Waals surface area contributed by atoms with Crippen molar-refractivity contribution < 1.29 is 13.5 Å². The summed E-state index contributed by atoms with van der Waals surface area (Å²) in [5.41, 5.74) is 6.90. The Morgan fingerprint density at radius 3 is 2.55 bits per heavy atom. The van der Waals surface area contributed by atoms with Gasteiger partial charge in [0.05, 0.1) is 0 Å². The quantitative estimate of drug-likeness (QED) is 0.897. The standard InChI is InChI=1S/C15H14BrF2NO/c16-12-5-10(6-14(18)8-12)9-20-15-2-1-13(17)7-11(15)3-4-19/h1-2,5-8H,3-4,9,19H2. The molecule has 0 saturated heterocycles. The molecule has 2 aromatic rings. The summed E-state index contributed by atoms with van der Waals surface area (Å²) < 4.78 is 32.7. The lowest BCUT2D eigenvalue weighted by molar-refractivity contribution is 0.301. The number of nitrogens with two attached hydrogens (primary N) is 1. The Labute approximate surface area is 124 Å². The van der Waals surface area contributed by atoms with Crippen LogP contribution in [0.1, 0.15) is 11.1 Å². The van der Waals surface area contributed by atoms with Crippen molar-refractivity contribution in [2.24, 2.45) is 5.73 Å². The fourth-order valence-electron chi connectivity index (χ4n) is 1.90. The molecule has 0 radical (unpaired) electrons. The molecule has 0 aromatic heterocycles. The predicted molar refractivity (Wildman–Crippen MR) is 77.6 cm³/mol. The molecule has 0 fully saturated rings. The van der Waals surface area contributed by atoms with Crippen LogP contribution in [0.5, 0.6) is 5.75 Å². The highest BCUT2D eigenvalue weighted by Gasteiger charge is 2.06. The summed E-state index contributed by atoms with van der Waals surface area (Å²) in [4.78, 5) is 0. The third-order valence-corrected chi connectivity index (χ3v) is 3.21. The average Bonchev–Trinajstić information content (AvgIpc) is 2.37. The third kappa shape index (κ3) is 4.02. The van der Waals surface area contributed by atoms with Crippen molar-refractivity contribution in [1.82, 2.24) is 0 Å². The summed E-state index contributed by atoms with van der Waals surface area (Å²) in [6.07, 6.45) is 0.528. The monoisotopic (exact) mass is 341 g/mol. The zero-order valence-corrected chi connectivity index (χ0v) is 12.3. The van der Waals surface area contributed by atoms with Gasteiger partial charge in [0.2, 0.25) is 0 Å². The van der Waals surface area contributed by atoms with E-state index >= 15 is 0 Å². The highest BCUT2D eigenvalue weighted by Crippen LogP contribution is 2.22. The maximum Gasteiger partial charge on any atom is 0.124 e. The van der Waals surface area contributed by atoms with E-state index in [0.29, 0.717) is 34.3 Å². The van der Waals surface area contributed by atoms with Gasteiger partial charge >= 0.3 is 0 Å². The molecule has 0 bridgehead atoms. The van der Waals surface area contributed by atoms with Gasteiger partial charge in [-0.15, -0.1) is 0 Å². The van der Waals surface area contributed by atoms with Crippen LogP contribution >= 0.6 is 15.9 Å². The largest absolute Gasteiger partial charge is 0.489 e. The molecule has 0 heterocycles. The minimum Gasteiger partial charge on any atom is -0.489 e. The third-order valence-electron chi connectivity index (χ3n) is 2.75. The molecule has 2 rings (SSSR count). The lowest BCUT2D eigenvalue weighted by atomic mass is 10.1. The first kappa shape index (κ1) is 14.9. The van der Waals surface area contributed by atoms with E-state index in [1.54, 1.807) is 12.1 Å². The molecule has 20 heavy (non-hydrogen) atoms. The van der Waals surface area contributed by atoms with Crippen LogP contribution in [0.25, 0.3) is 0 Å². The molecule has 0 aliphatic heterocycles. The van der Waals surface area contributed by atoms with E-state index in [9.17, 15) is 8.78 Å². The van der Waals surface area contributed by atoms with Crippen molar-refractivity contribution >= 4 is 15.9 Å². The van der Waals surface area contributed by atoms with Gasteiger partial charge in [-0.25, -0.2) is 8.78 Å². The number of halogens is 3. The first-order valence-electron chi connectivity index (χ1n) is 6.15. The number of hydrogen-bond donors (Lipinski definition) is 1. The zero-order valence-electron chi connectivity index (χ0n) is 10.7. The molecule has 0 atom stereocenters. The smallest absolute Gasteiger partial charge is 0.124 e. The lowest BCUT2D eigenvalue weighted by Crippen LogP contribution is -2.06. The molecule has 106 valence electrons. The first-order valence-corrected chi connectivity index (χ1v) is 6.94. The molecule has 0 spiro atoms. The van der Waals surface area contributed by atoms with Crippen LogP contribution in [0.3, 0.4) is 0 Å². The van der Waals surface area contributed by atoms with E-state index in [1.165, 1.54) is 24.3 Å². The first-order chi connectivity index (χ1) is 9.58. The molecule has 0 unspecified atom stereocenters. The summed E-state index contributed by atoms with van der Waals surface area (Å²) in [6, 6.07) is 8.85. The molecule has 0 aliphatic rings. The fourth-order valence-corrected chi connectivity index (χ4v) is 2.41. The van der Waals surface area contributed by atoms with Gasteiger partial charge in [0.25, 0.3) is 0 Å². The zero-order chi connectivity index (χ0) is 14.5. The van der Waals surface area contributed by atoms with Gasteiger partial charge in [0.15, 0.2) is 0 Å². The van der Waals surface area contributed by atoms with E-state index in [2.05, 4.69) is 15.9 Å². The van der Waals surface area contributed by atoms with Crippen LogP contribution in [0.2, 0.25) is 0 Å². The lowest BCUT2D eigenvalue weighted by Gasteiger charge is -2.11. The average molecular weight is 342 g/mol. The summed E-state index contributed by atoms with van der Waals surface area (Å²) in [5, 5.41) is 0. The van der Waals surface area contributed by atoms with Gasteiger partial charge in [-0.1, -0.05) is 15.9 Å². The molecule has 0 saturated carbocycles. The minimum absolute atomic E-state index is 0.208. The molecular formula is C15H14BrF2NO. The van der Waals surface area contributed by atoms with Gasteiger partial charge in [-0.05, 0) is 60.5 Å². The van der Waals surface area contributed by atoms with Gasteiger partial charge < -0.3 is 10.5 Å². The van der Waals surface area contributed by atoms with Crippen LogP contribution in [-0.4, -0.2) is 6.54 Å². The fraction of sp³-hybridized carbons (Fsp3) is 0.200. The van der Waals surface area contributed by atoms with Crippen molar-refractivity contribution in [1.29, 1.82) is 0 Å². The predicted octanol–water partition coefficient (Wildman–Crippen LogP) is 3.81. The second-order valence-corrected chi connectivity index (χ2v) is 5.27. The topological polar surface area (TPSA) is 35.2 Å². The van der Waals surface area contributed by atoms with E-state index in [-0.39, 0.29) is 18.2 Å². The molecule has 5 heteroatoms. The van der Waals surface area contributed by atoms with Crippen molar-refractivity contribution in [2.75, 3.05) is 6.54 Å². The van der Waals surface area contributed by atoms with Crippen molar-refractivity contribution in [3.05, 3.63) is 63.6 Å². The number of hydrogen-bond acceptors (Lipinski definition) is 2. The van der Waals surface area contributed by atoms with E-state index in [0.717, 1.165) is 0 Å². The summed E-state index contributed by atoms with van der Waals surface area (Å²) in [5.74, 6) is -0.0919. The maximum absolute atomic E-state index is 13.3. The minimum atomic E-state index is -0.334. The van der Waals surface area contributed by atoms with Crippen molar-refractivity contribution in [3.8, 4) is 5.75 Å². The summed E-state index contributed by atoms with van der Waals surface area (Å²) in [6.45, 7) is 0.616. The summed E-state index contributed by atoms with van der Waals surface area (Å²) in [7, 11) is 0. The molecule has 2 aromatic carbocycles. The Kier molecular flexibility index (Phi) is 5.09. The molecule has 0 aliphatic carbocycles. The van der Waals surface area contributed by atoms with Gasteiger partial charge in [-0.3, -0.25) is 0 Å². The second-order valence-electron chi connectivity index (χ2n) is 4.36. The molecule has 0 amide bonds.